The minimum absolute atomic E-state index is 0.123. The fraction of sp³-hybridized carbons (Fsp3) is 0.250. The Morgan fingerprint density at radius 3 is 2.22 bits per heavy atom. The van der Waals surface area contributed by atoms with Crippen LogP contribution < -0.4 is 5.73 Å². The molecule has 2 aromatic heterocycles. The maximum Gasteiger partial charge on any atom is 0.246 e. The Labute approximate surface area is 220 Å². The normalized spacial score (nSPS) is 12.6. The zero-order valence-corrected chi connectivity index (χ0v) is 22.3. The molecule has 2 heterocycles. The molecule has 6 nitrogen and oxygen atoms in total. The monoisotopic (exact) mass is 518 g/mol. The molecule has 0 aliphatic carbocycles. The van der Waals surface area contributed by atoms with Gasteiger partial charge in [0.15, 0.2) is 0 Å². The average Bonchev–Trinajstić information content (AvgIpc) is 3.59. The van der Waals surface area contributed by atoms with Crippen molar-refractivity contribution >= 4 is 40.2 Å². The van der Waals surface area contributed by atoms with Crippen molar-refractivity contribution in [2.75, 3.05) is 19.8 Å². The Morgan fingerprint density at radius 1 is 0.889 bits per heavy atom. The van der Waals surface area contributed by atoms with E-state index >= 15 is 0 Å². The van der Waals surface area contributed by atoms with Gasteiger partial charge in [0.1, 0.15) is 11.0 Å². The van der Waals surface area contributed by atoms with Crippen LogP contribution in [0.15, 0.2) is 77.5 Å². The number of anilines is 1. The van der Waals surface area contributed by atoms with Gasteiger partial charge in [0, 0.05) is 38.5 Å². The van der Waals surface area contributed by atoms with Gasteiger partial charge in [0.25, 0.3) is 0 Å². The summed E-state index contributed by atoms with van der Waals surface area (Å²) in [5, 5.41) is 5.00. The van der Waals surface area contributed by atoms with Crippen LogP contribution in [-0.2, 0) is 22.4 Å². The molecule has 2 aromatic carbocycles. The molecule has 4 aromatic rings. The van der Waals surface area contributed by atoms with Crippen molar-refractivity contribution in [1.29, 1.82) is 0 Å². The largest absolute Gasteiger partial charge is 0.399 e. The number of hydrogen-bond donors (Lipinski definition) is 1. The summed E-state index contributed by atoms with van der Waals surface area (Å²) < 4.78 is 0. The van der Waals surface area contributed by atoms with Crippen molar-refractivity contribution in [3.8, 4) is 9.88 Å². The summed E-state index contributed by atoms with van der Waals surface area (Å²) >= 11 is 3.22. The number of carbonyl (C=O) groups excluding carboxylic acids is 2. The van der Waals surface area contributed by atoms with Crippen molar-refractivity contribution < 1.29 is 9.59 Å². The molecule has 0 radical (unpaired) electrons. The van der Waals surface area contributed by atoms with Gasteiger partial charge < -0.3 is 15.5 Å². The first kappa shape index (κ1) is 25.6. The second kappa shape index (κ2) is 11.5. The highest BCUT2D eigenvalue weighted by Gasteiger charge is 2.33. The van der Waals surface area contributed by atoms with E-state index in [4.69, 9.17) is 10.7 Å². The molecule has 0 fully saturated rings. The lowest BCUT2D eigenvalue weighted by molar-refractivity contribution is -0.144. The van der Waals surface area contributed by atoms with Crippen molar-refractivity contribution in [2.45, 2.75) is 31.8 Å². The van der Waals surface area contributed by atoms with Crippen LogP contribution in [0.2, 0.25) is 0 Å². The second-order valence-electron chi connectivity index (χ2n) is 8.80. The van der Waals surface area contributed by atoms with E-state index in [0.717, 1.165) is 26.7 Å². The molecule has 36 heavy (non-hydrogen) atoms. The molecule has 8 heteroatoms. The molecule has 2 N–H and O–H groups in total. The first-order chi connectivity index (χ1) is 17.3. The van der Waals surface area contributed by atoms with Crippen LogP contribution in [0.4, 0.5) is 5.69 Å². The molecule has 0 spiro atoms. The van der Waals surface area contributed by atoms with E-state index in [0.29, 0.717) is 18.5 Å². The van der Waals surface area contributed by atoms with E-state index in [9.17, 15) is 9.59 Å². The minimum Gasteiger partial charge on any atom is -0.399 e. The van der Waals surface area contributed by atoms with E-state index in [-0.39, 0.29) is 17.9 Å². The Kier molecular flexibility index (Phi) is 8.18. The van der Waals surface area contributed by atoms with Crippen LogP contribution in [0.25, 0.3) is 9.88 Å². The molecule has 0 aliphatic heterocycles. The standard InChI is InChI=1S/C28H30N4O2S2/c1-19(33)31(2)25(17-20-8-5-4-6-9-20)28(34)32(3)24(16-21-11-13-22(29)14-12-21)23-18-36-27(30-23)26-10-7-15-35-26/h4-15,18,24-25H,16-17,29H2,1-3H3/t24-,25-/m0/s1. The van der Waals surface area contributed by atoms with Crippen LogP contribution in [0.5, 0.6) is 0 Å². The average molecular weight is 519 g/mol. The van der Waals surface area contributed by atoms with E-state index < -0.39 is 6.04 Å². The zero-order chi connectivity index (χ0) is 25.7. The van der Waals surface area contributed by atoms with Crippen molar-refractivity contribution in [2.24, 2.45) is 0 Å². The van der Waals surface area contributed by atoms with E-state index in [1.807, 2.05) is 71.4 Å². The highest BCUT2D eigenvalue weighted by atomic mass is 32.1. The van der Waals surface area contributed by atoms with Gasteiger partial charge >= 0.3 is 0 Å². The van der Waals surface area contributed by atoms with Gasteiger partial charge in [0.05, 0.1) is 16.6 Å². The molecule has 0 aliphatic rings. The fourth-order valence-electron chi connectivity index (χ4n) is 4.10. The Morgan fingerprint density at radius 2 is 1.58 bits per heavy atom. The zero-order valence-electron chi connectivity index (χ0n) is 20.6. The smallest absolute Gasteiger partial charge is 0.246 e. The van der Waals surface area contributed by atoms with Gasteiger partial charge in [-0.05, 0) is 41.1 Å². The van der Waals surface area contributed by atoms with E-state index in [2.05, 4.69) is 6.07 Å². The summed E-state index contributed by atoms with van der Waals surface area (Å²) in [5.74, 6) is -0.274. The number of thiazole rings is 1. The third kappa shape index (κ3) is 6.01. The first-order valence-corrected chi connectivity index (χ1v) is 13.5. The molecule has 0 unspecified atom stereocenters. The lowest BCUT2D eigenvalue weighted by atomic mass is 9.99. The highest BCUT2D eigenvalue weighted by Crippen LogP contribution is 2.33. The Hall–Kier alpha value is -3.49. The van der Waals surface area contributed by atoms with Gasteiger partial charge in [-0.25, -0.2) is 4.98 Å². The van der Waals surface area contributed by atoms with Crippen LogP contribution in [0, 0.1) is 0 Å². The van der Waals surface area contributed by atoms with Gasteiger partial charge in [-0.15, -0.1) is 22.7 Å². The molecular weight excluding hydrogens is 488 g/mol. The summed E-state index contributed by atoms with van der Waals surface area (Å²) in [5.41, 5.74) is 9.48. The quantitative estimate of drug-likeness (QED) is 0.306. The van der Waals surface area contributed by atoms with Gasteiger partial charge in [-0.1, -0.05) is 48.5 Å². The first-order valence-electron chi connectivity index (χ1n) is 11.7. The van der Waals surface area contributed by atoms with Gasteiger partial charge in [0.2, 0.25) is 11.8 Å². The van der Waals surface area contributed by atoms with E-state index in [1.54, 1.807) is 41.7 Å². The number of likely N-dealkylation sites (N-methyl/N-ethyl adjacent to an activating group) is 2. The summed E-state index contributed by atoms with van der Waals surface area (Å²) in [4.78, 5) is 35.6. The number of benzene rings is 2. The number of nitrogens with zero attached hydrogens (tertiary/aromatic N) is 3. The lowest BCUT2D eigenvalue weighted by Gasteiger charge is -2.34. The number of nitrogen functional groups attached to an aromatic ring is 1. The van der Waals surface area contributed by atoms with Crippen LogP contribution in [-0.4, -0.2) is 46.7 Å². The third-order valence-corrected chi connectivity index (χ3v) is 8.24. The molecule has 4 rings (SSSR count). The summed E-state index contributed by atoms with van der Waals surface area (Å²) in [6, 6.07) is 20.6. The maximum atomic E-state index is 14.0. The number of thiophene rings is 1. The topological polar surface area (TPSA) is 79.5 Å². The van der Waals surface area contributed by atoms with Crippen LogP contribution >= 0.6 is 22.7 Å². The number of carbonyl (C=O) groups is 2. The number of aromatic nitrogens is 1. The second-order valence-corrected chi connectivity index (χ2v) is 10.6. The van der Waals surface area contributed by atoms with E-state index in [1.165, 1.54) is 11.8 Å². The predicted octanol–water partition coefficient (Wildman–Crippen LogP) is 5.29. The molecule has 2 amide bonds. The number of hydrogen-bond acceptors (Lipinski definition) is 6. The molecule has 0 saturated heterocycles. The highest BCUT2D eigenvalue weighted by molar-refractivity contribution is 7.20. The number of rotatable bonds is 9. The van der Waals surface area contributed by atoms with Gasteiger partial charge in [-0.3, -0.25) is 9.59 Å². The molecule has 0 saturated carbocycles. The molecule has 0 bridgehead atoms. The van der Waals surface area contributed by atoms with Crippen molar-refractivity contribution in [3.63, 3.8) is 0 Å². The van der Waals surface area contributed by atoms with Crippen molar-refractivity contribution in [1.82, 2.24) is 14.8 Å². The SMILES string of the molecule is CC(=O)N(C)[C@@H](Cc1ccccc1)C(=O)N(C)[C@@H](Cc1ccc(N)cc1)c1csc(-c2cccs2)n1. The van der Waals surface area contributed by atoms with Crippen LogP contribution in [0.3, 0.4) is 0 Å². The summed E-state index contributed by atoms with van der Waals surface area (Å²) in [6.45, 7) is 1.49. The molecule has 186 valence electrons. The van der Waals surface area contributed by atoms with Crippen molar-refractivity contribution in [3.05, 3.63) is 94.3 Å². The Balaban J connectivity index is 1.67. The third-order valence-electron chi connectivity index (χ3n) is 6.34. The molecule has 2 atom stereocenters. The van der Waals surface area contributed by atoms with Gasteiger partial charge in [-0.2, -0.15) is 0 Å². The predicted molar refractivity (Wildman–Crippen MR) is 148 cm³/mol. The molecular formula is C28H30N4O2S2. The Bertz CT molecular complexity index is 1290. The summed E-state index contributed by atoms with van der Waals surface area (Å²) in [6.07, 6.45) is 1.02. The minimum atomic E-state index is -0.626. The summed E-state index contributed by atoms with van der Waals surface area (Å²) in [7, 11) is 3.49. The maximum absolute atomic E-state index is 14.0. The van der Waals surface area contributed by atoms with Crippen LogP contribution in [0.1, 0.15) is 29.8 Å². The fourth-order valence-corrected chi connectivity index (χ4v) is 5.79. The number of amides is 2. The lowest BCUT2D eigenvalue weighted by Crippen LogP contribution is -2.50. The number of nitrogens with two attached hydrogens (primary N) is 1.